The Morgan fingerprint density at radius 2 is 1.89 bits per heavy atom. The van der Waals surface area contributed by atoms with Crippen molar-refractivity contribution in [3.05, 3.63) is 17.0 Å². The fraction of sp³-hybridized carbons (Fsp3) is 0.583. The highest BCUT2D eigenvalue weighted by Gasteiger charge is 2.14. The molecule has 0 aliphatic rings. The Morgan fingerprint density at radius 1 is 1.33 bits per heavy atom. The fourth-order valence-corrected chi connectivity index (χ4v) is 2.40. The normalized spacial score (nSPS) is 12.4. The molecule has 0 radical (unpaired) electrons. The van der Waals surface area contributed by atoms with E-state index in [2.05, 4.69) is 15.3 Å². The van der Waals surface area contributed by atoms with E-state index in [0.29, 0.717) is 12.2 Å². The number of likely N-dealkylation sites (N-methyl/N-ethyl adjacent to an activating group) is 1. The smallest absolute Gasteiger partial charge is 0.320 e. The predicted molar refractivity (Wildman–Crippen MR) is 72.1 cm³/mol. The first-order valence-corrected chi connectivity index (χ1v) is 6.79. The summed E-state index contributed by atoms with van der Waals surface area (Å²) in [4.78, 5) is 19.6. The molecule has 5 nitrogen and oxygen atoms in total. The molecule has 2 N–H and O–H groups in total. The number of carbonyl (C=O) groups is 1. The number of aromatic nitrogens is 2. The molecule has 0 saturated carbocycles. The van der Waals surface area contributed by atoms with E-state index in [0.717, 1.165) is 22.1 Å². The first kappa shape index (κ1) is 14.9. The number of aliphatic carboxylic acids is 1. The number of carboxylic acids is 1. The predicted octanol–water partition coefficient (Wildman–Crippen LogP) is 1.56. The number of hydrogen-bond acceptors (Lipinski definition) is 5. The Hall–Kier alpha value is -1.14. The van der Waals surface area contributed by atoms with Crippen molar-refractivity contribution in [2.75, 3.05) is 12.8 Å². The summed E-state index contributed by atoms with van der Waals surface area (Å²) in [5, 5.41) is 12.4. The Bertz CT molecular complexity index is 414. The molecule has 0 saturated heterocycles. The average Bonchev–Trinajstić information content (AvgIpc) is 2.31. The monoisotopic (exact) mass is 269 g/mol. The molecule has 18 heavy (non-hydrogen) atoms. The molecule has 0 amide bonds. The lowest BCUT2D eigenvalue weighted by atomic mass is 10.2. The minimum atomic E-state index is -0.824. The third-order valence-electron chi connectivity index (χ3n) is 2.90. The van der Waals surface area contributed by atoms with Crippen molar-refractivity contribution >= 4 is 17.7 Å². The minimum Gasteiger partial charge on any atom is -0.480 e. The summed E-state index contributed by atoms with van der Waals surface area (Å²) in [6.07, 6.45) is 0.547. The second kappa shape index (κ2) is 6.70. The van der Waals surface area contributed by atoms with Gasteiger partial charge in [0.25, 0.3) is 0 Å². The van der Waals surface area contributed by atoms with Crippen molar-refractivity contribution in [2.45, 2.75) is 38.4 Å². The van der Waals surface area contributed by atoms with E-state index in [1.54, 1.807) is 7.05 Å². The highest BCUT2D eigenvalue weighted by molar-refractivity contribution is 7.99. The number of nitrogens with zero attached hydrogens (tertiary/aromatic N) is 2. The topological polar surface area (TPSA) is 75.1 Å². The molecule has 1 unspecified atom stereocenters. The highest BCUT2D eigenvalue weighted by atomic mass is 32.2. The molecule has 1 atom stereocenters. The first-order valence-electron chi connectivity index (χ1n) is 5.80. The number of nitrogens with one attached hydrogen (secondary N) is 1. The molecule has 100 valence electrons. The molecule has 1 aromatic rings. The van der Waals surface area contributed by atoms with Gasteiger partial charge in [-0.15, -0.1) is 0 Å². The van der Waals surface area contributed by atoms with Gasteiger partial charge in [-0.3, -0.25) is 4.79 Å². The van der Waals surface area contributed by atoms with Crippen molar-refractivity contribution in [1.82, 2.24) is 15.3 Å². The molecular weight excluding hydrogens is 250 g/mol. The van der Waals surface area contributed by atoms with E-state index in [9.17, 15) is 4.79 Å². The van der Waals surface area contributed by atoms with Gasteiger partial charge in [-0.2, -0.15) is 0 Å². The molecular formula is C12H19N3O2S. The standard InChI is InChI=1S/C12H19N3O2S/c1-7-8(2)14-12(15-9(7)3)18-6-5-10(13-4)11(16)17/h10,13H,5-6H2,1-4H3,(H,16,17). The van der Waals surface area contributed by atoms with Crippen molar-refractivity contribution < 1.29 is 9.90 Å². The van der Waals surface area contributed by atoms with Gasteiger partial charge in [-0.05, 0) is 39.8 Å². The molecule has 1 rings (SSSR count). The highest BCUT2D eigenvalue weighted by Crippen LogP contribution is 2.18. The Kier molecular flexibility index (Phi) is 5.55. The maximum atomic E-state index is 10.8. The second-order valence-corrected chi connectivity index (χ2v) is 5.18. The summed E-state index contributed by atoms with van der Waals surface area (Å²) in [5.41, 5.74) is 3.07. The summed E-state index contributed by atoms with van der Waals surface area (Å²) < 4.78 is 0. The lowest BCUT2D eigenvalue weighted by molar-refractivity contribution is -0.139. The molecule has 1 heterocycles. The van der Waals surface area contributed by atoms with Gasteiger partial charge >= 0.3 is 5.97 Å². The van der Waals surface area contributed by atoms with Gasteiger partial charge in [0.2, 0.25) is 0 Å². The van der Waals surface area contributed by atoms with Crippen LogP contribution in [0.1, 0.15) is 23.4 Å². The maximum Gasteiger partial charge on any atom is 0.320 e. The summed E-state index contributed by atoms with van der Waals surface area (Å²) >= 11 is 1.49. The van der Waals surface area contributed by atoms with E-state index in [-0.39, 0.29) is 0 Å². The lowest BCUT2D eigenvalue weighted by Crippen LogP contribution is -2.34. The fourth-order valence-electron chi connectivity index (χ4n) is 1.47. The van der Waals surface area contributed by atoms with E-state index < -0.39 is 12.0 Å². The Morgan fingerprint density at radius 3 is 2.33 bits per heavy atom. The van der Waals surface area contributed by atoms with E-state index in [1.165, 1.54) is 11.8 Å². The quantitative estimate of drug-likeness (QED) is 0.603. The largest absolute Gasteiger partial charge is 0.480 e. The van der Waals surface area contributed by atoms with Gasteiger partial charge < -0.3 is 10.4 Å². The van der Waals surface area contributed by atoms with E-state index >= 15 is 0 Å². The SMILES string of the molecule is CNC(CCSc1nc(C)c(C)c(C)n1)C(=O)O. The number of rotatable bonds is 6. The second-order valence-electron chi connectivity index (χ2n) is 4.12. The van der Waals surface area contributed by atoms with E-state index in [4.69, 9.17) is 5.11 Å². The summed E-state index contributed by atoms with van der Waals surface area (Å²) in [6.45, 7) is 5.92. The molecule has 0 spiro atoms. The van der Waals surface area contributed by atoms with Crippen LogP contribution < -0.4 is 5.32 Å². The summed E-state index contributed by atoms with van der Waals surface area (Å²) in [5.74, 6) is -0.144. The van der Waals surface area contributed by atoms with Crippen LogP contribution in [-0.4, -0.2) is 39.9 Å². The van der Waals surface area contributed by atoms with Crippen LogP contribution >= 0.6 is 11.8 Å². The van der Waals surface area contributed by atoms with Gasteiger partial charge in [0.1, 0.15) is 6.04 Å². The van der Waals surface area contributed by atoms with Crippen LogP contribution in [0, 0.1) is 20.8 Å². The molecule has 0 aliphatic heterocycles. The number of hydrogen-bond donors (Lipinski definition) is 2. The maximum absolute atomic E-state index is 10.8. The van der Waals surface area contributed by atoms with Crippen LogP contribution in [0.3, 0.4) is 0 Å². The van der Waals surface area contributed by atoms with Crippen LogP contribution in [0.2, 0.25) is 0 Å². The lowest BCUT2D eigenvalue weighted by Gasteiger charge is -2.10. The third-order valence-corrected chi connectivity index (χ3v) is 3.78. The summed E-state index contributed by atoms with van der Waals surface area (Å²) in [6, 6.07) is -0.509. The van der Waals surface area contributed by atoms with Crippen LogP contribution in [-0.2, 0) is 4.79 Å². The molecule has 0 fully saturated rings. The minimum absolute atomic E-state index is 0.509. The van der Waals surface area contributed by atoms with Crippen molar-refractivity contribution in [3.63, 3.8) is 0 Å². The number of carboxylic acid groups (broad SMARTS) is 1. The van der Waals surface area contributed by atoms with Gasteiger partial charge in [0.05, 0.1) is 0 Å². The van der Waals surface area contributed by atoms with Crippen molar-refractivity contribution in [1.29, 1.82) is 0 Å². The van der Waals surface area contributed by atoms with Crippen molar-refractivity contribution in [3.8, 4) is 0 Å². The zero-order valence-electron chi connectivity index (χ0n) is 11.1. The molecule has 1 aromatic heterocycles. The average molecular weight is 269 g/mol. The van der Waals surface area contributed by atoms with Gasteiger partial charge in [-0.25, -0.2) is 9.97 Å². The van der Waals surface area contributed by atoms with E-state index in [1.807, 2.05) is 20.8 Å². The van der Waals surface area contributed by atoms with Crippen LogP contribution in [0.15, 0.2) is 5.16 Å². The zero-order valence-corrected chi connectivity index (χ0v) is 12.0. The molecule has 0 aromatic carbocycles. The molecule has 0 bridgehead atoms. The van der Waals surface area contributed by atoms with Crippen LogP contribution in [0.25, 0.3) is 0 Å². The molecule has 6 heteroatoms. The summed E-state index contributed by atoms with van der Waals surface area (Å²) in [7, 11) is 1.65. The number of aryl methyl sites for hydroxylation is 2. The first-order chi connectivity index (χ1) is 8.45. The third kappa shape index (κ3) is 3.96. The number of thioether (sulfide) groups is 1. The van der Waals surface area contributed by atoms with Gasteiger partial charge in [0.15, 0.2) is 5.16 Å². The van der Waals surface area contributed by atoms with Crippen LogP contribution in [0.5, 0.6) is 0 Å². The van der Waals surface area contributed by atoms with Gasteiger partial charge in [0, 0.05) is 17.1 Å². The Labute approximate surface area is 111 Å². The zero-order chi connectivity index (χ0) is 13.7. The molecule has 0 aliphatic carbocycles. The van der Waals surface area contributed by atoms with Crippen LogP contribution in [0.4, 0.5) is 0 Å². The van der Waals surface area contributed by atoms with Gasteiger partial charge in [-0.1, -0.05) is 11.8 Å². The Balaban J connectivity index is 2.56. The van der Waals surface area contributed by atoms with Crippen molar-refractivity contribution in [2.24, 2.45) is 0 Å².